The van der Waals surface area contributed by atoms with Crippen molar-refractivity contribution in [3.63, 3.8) is 0 Å². The molecule has 4 nitrogen and oxygen atoms in total. The van der Waals surface area contributed by atoms with Crippen molar-refractivity contribution < 1.29 is 14.3 Å². The number of anilines is 2. The van der Waals surface area contributed by atoms with E-state index < -0.39 is 11.8 Å². The van der Waals surface area contributed by atoms with Crippen molar-refractivity contribution in [3.8, 4) is 0 Å². The van der Waals surface area contributed by atoms with Crippen LogP contribution in [0.1, 0.15) is 38.1 Å². The van der Waals surface area contributed by atoms with Gasteiger partial charge >= 0.3 is 5.97 Å². The summed E-state index contributed by atoms with van der Waals surface area (Å²) in [4.78, 5) is 11.2. The van der Waals surface area contributed by atoms with Crippen LogP contribution in [-0.4, -0.2) is 17.6 Å². The lowest BCUT2D eigenvalue weighted by atomic mass is 9.85. The molecule has 20 heavy (non-hydrogen) atoms. The Balaban J connectivity index is 2.98. The Bertz CT molecular complexity index is 479. The van der Waals surface area contributed by atoms with Gasteiger partial charge in [-0.15, -0.1) is 0 Å². The second-order valence-corrected chi connectivity index (χ2v) is 5.72. The number of carbonyl (C=O) groups is 1. The molecule has 0 unspecified atom stereocenters. The van der Waals surface area contributed by atoms with Crippen molar-refractivity contribution >= 4 is 17.3 Å². The molecule has 0 atom stereocenters. The van der Waals surface area contributed by atoms with E-state index in [9.17, 15) is 9.18 Å². The van der Waals surface area contributed by atoms with Crippen molar-refractivity contribution in [3.05, 3.63) is 23.5 Å². The molecule has 0 aliphatic rings. The lowest BCUT2D eigenvalue weighted by molar-refractivity contribution is 0.0698. The number of carboxylic acid groups (broad SMARTS) is 1. The summed E-state index contributed by atoms with van der Waals surface area (Å²) >= 11 is 0. The molecule has 4 N–H and O–H groups in total. The SMILES string of the molecule is CC(C)C(CNc1ccc(F)c(N)c1C(=O)O)C(C)C. The normalized spacial score (nSPS) is 11.4. The van der Waals surface area contributed by atoms with Crippen LogP contribution in [-0.2, 0) is 0 Å². The highest BCUT2D eigenvalue weighted by Crippen LogP contribution is 2.27. The van der Waals surface area contributed by atoms with E-state index in [2.05, 4.69) is 33.0 Å². The van der Waals surface area contributed by atoms with E-state index in [0.717, 1.165) is 0 Å². The van der Waals surface area contributed by atoms with Crippen molar-refractivity contribution in [1.82, 2.24) is 0 Å². The summed E-state index contributed by atoms with van der Waals surface area (Å²) in [5, 5.41) is 12.3. The molecule has 112 valence electrons. The zero-order chi connectivity index (χ0) is 15.4. The molecule has 5 heteroatoms. The molecule has 0 spiro atoms. The number of aromatic carboxylic acids is 1. The number of nitrogen functional groups attached to an aromatic ring is 1. The number of halogens is 1. The molecule has 1 aromatic carbocycles. The third kappa shape index (κ3) is 3.62. The summed E-state index contributed by atoms with van der Waals surface area (Å²) in [6.45, 7) is 9.14. The summed E-state index contributed by atoms with van der Waals surface area (Å²) in [7, 11) is 0. The van der Waals surface area contributed by atoms with Gasteiger partial charge in [0.05, 0.1) is 11.4 Å². The van der Waals surface area contributed by atoms with Crippen LogP contribution in [0.15, 0.2) is 12.1 Å². The first-order valence-corrected chi connectivity index (χ1v) is 6.80. The Morgan fingerprint density at radius 3 is 2.30 bits per heavy atom. The first-order chi connectivity index (χ1) is 9.25. The summed E-state index contributed by atoms with van der Waals surface area (Å²) in [6, 6.07) is 2.61. The molecular formula is C15H23FN2O2. The topological polar surface area (TPSA) is 75.3 Å². The molecule has 0 bridgehead atoms. The largest absolute Gasteiger partial charge is 0.478 e. The maximum atomic E-state index is 13.4. The molecule has 0 radical (unpaired) electrons. The summed E-state index contributed by atoms with van der Waals surface area (Å²) in [6.07, 6.45) is 0. The summed E-state index contributed by atoms with van der Waals surface area (Å²) in [5.74, 6) is -0.613. The summed E-state index contributed by atoms with van der Waals surface area (Å²) < 4.78 is 13.4. The average Bonchev–Trinajstić information content (AvgIpc) is 2.32. The van der Waals surface area contributed by atoms with E-state index in [1.165, 1.54) is 12.1 Å². The van der Waals surface area contributed by atoms with E-state index in [1.807, 2.05) is 0 Å². The molecule has 0 amide bonds. The zero-order valence-electron chi connectivity index (χ0n) is 12.4. The highest BCUT2D eigenvalue weighted by Gasteiger charge is 2.21. The second-order valence-electron chi connectivity index (χ2n) is 5.72. The standard InChI is InChI=1S/C15H23FN2O2/c1-8(2)10(9(3)4)7-18-12-6-5-11(16)14(17)13(12)15(19)20/h5-6,8-10,18H,7,17H2,1-4H3,(H,19,20). The van der Waals surface area contributed by atoms with Crippen LogP contribution >= 0.6 is 0 Å². The van der Waals surface area contributed by atoms with Gasteiger partial charge in [0.2, 0.25) is 0 Å². The van der Waals surface area contributed by atoms with Crippen molar-refractivity contribution in [2.45, 2.75) is 27.7 Å². The van der Waals surface area contributed by atoms with Gasteiger partial charge in [0.1, 0.15) is 11.4 Å². The lowest BCUT2D eigenvalue weighted by Crippen LogP contribution is -2.25. The van der Waals surface area contributed by atoms with Crippen LogP contribution < -0.4 is 11.1 Å². The fourth-order valence-electron chi connectivity index (χ4n) is 2.44. The predicted octanol–water partition coefficient (Wildman–Crippen LogP) is 3.45. The van der Waals surface area contributed by atoms with Gasteiger partial charge in [-0.1, -0.05) is 27.7 Å². The Morgan fingerprint density at radius 2 is 1.85 bits per heavy atom. The first kappa shape index (κ1) is 16.3. The highest BCUT2D eigenvalue weighted by atomic mass is 19.1. The second kappa shape index (κ2) is 6.59. The number of nitrogens with one attached hydrogen (secondary N) is 1. The average molecular weight is 282 g/mol. The van der Waals surface area contributed by atoms with Gasteiger partial charge in [0.25, 0.3) is 0 Å². The predicted molar refractivity (Wildman–Crippen MR) is 79.4 cm³/mol. The minimum Gasteiger partial charge on any atom is -0.478 e. The molecule has 0 fully saturated rings. The molecule has 1 rings (SSSR count). The molecule has 0 saturated heterocycles. The first-order valence-electron chi connectivity index (χ1n) is 6.80. The minimum atomic E-state index is -1.23. The van der Waals surface area contributed by atoms with Crippen LogP contribution in [0.3, 0.4) is 0 Å². The molecule has 0 heterocycles. The van der Waals surface area contributed by atoms with Crippen molar-refractivity contribution in [2.75, 3.05) is 17.6 Å². The molecule has 1 aromatic rings. The quantitative estimate of drug-likeness (QED) is 0.699. The van der Waals surface area contributed by atoms with Crippen molar-refractivity contribution in [2.24, 2.45) is 17.8 Å². The van der Waals surface area contributed by atoms with Crippen LogP contribution in [0.4, 0.5) is 15.8 Å². The van der Waals surface area contributed by atoms with Gasteiger partial charge in [-0.25, -0.2) is 9.18 Å². The number of nitrogens with two attached hydrogens (primary N) is 1. The minimum absolute atomic E-state index is 0.198. The van der Waals surface area contributed by atoms with Gasteiger partial charge in [-0.2, -0.15) is 0 Å². The Kier molecular flexibility index (Phi) is 5.36. The van der Waals surface area contributed by atoms with Gasteiger partial charge < -0.3 is 16.2 Å². The maximum absolute atomic E-state index is 13.4. The van der Waals surface area contributed by atoms with E-state index in [1.54, 1.807) is 0 Å². The molecule has 0 aromatic heterocycles. The van der Waals surface area contributed by atoms with Crippen LogP contribution in [0.25, 0.3) is 0 Å². The molecule has 0 aliphatic heterocycles. The van der Waals surface area contributed by atoms with Crippen LogP contribution in [0.2, 0.25) is 0 Å². The third-order valence-electron chi connectivity index (χ3n) is 3.65. The summed E-state index contributed by atoms with van der Waals surface area (Å²) in [5.41, 5.74) is 5.35. The van der Waals surface area contributed by atoms with Crippen LogP contribution in [0.5, 0.6) is 0 Å². The fraction of sp³-hybridized carbons (Fsp3) is 0.533. The highest BCUT2D eigenvalue weighted by molar-refractivity contribution is 6.00. The van der Waals surface area contributed by atoms with Crippen molar-refractivity contribution in [1.29, 1.82) is 0 Å². The fourth-order valence-corrected chi connectivity index (χ4v) is 2.44. The molecule has 0 saturated carbocycles. The number of hydrogen-bond acceptors (Lipinski definition) is 3. The Labute approximate surface area is 119 Å². The van der Waals surface area contributed by atoms with E-state index in [-0.39, 0.29) is 11.3 Å². The van der Waals surface area contributed by atoms with E-state index in [0.29, 0.717) is 30.0 Å². The van der Waals surface area contributed by atoms with Gasteiger partial charge in [0.15, 0.2) is 0 Å². The smallest absolute Gasteiger partial charge is 0.340 e. The van der Waals surface area contributed by atoms with E-state index >= 15 is 0 Å². The Hall–Kier alpha value is -1.78. The molecule has 0 aliphatic carbocycles. The Morgan fingerprint density at radius 1 is 1.30 bits per heavy atom. The van der Waals surface area contributed by atoms with Gasteiger partial charge in [0, 0.05) is 6.54 Å². The number of hydrogen-bond donors (Lipinski definition) is 3. The number of rotatable bonds is 6. The van der Waals surface area contributed by atoms with Crippen LogP contribution in [0, 0.1) is 23.6 Å². The van der Waals surface area contributed by atoms with E-state index in [4.69, 9.17) is 10.8 Å². The number of carboxylic acids is 1. The third-order valence-corrected chi connectivity index (χ3v) is 3.65. The number of benzene rings is 1. The van der Waals surface area contributed by atoms with Gasteiger partial charge in [-0.05, 0) is 29.9 Å². The zero-order valence-corrected chi connectivity index (χ0v) is 12.4. The monoisotopic (exact) mass is 282 g/mol. The van der Waals surface area contributed by atoms with Gasteiger partial charge in [-0.3, -0.25) is 0 Å². The molecular weight excluding hydrogens is 259 g/mol. The lowest BCUT2D eigenvalue weighted by Gasteiger charge is -2.26. The maximum Gasteiger partial charge on any atom is 0.340 e.